The van der Waals surface area contributed by atoms with E-state index >= 15 is 0 Å². The van der Waals surface area contributed by atoms with Crippen LogP contribution in [0.5, 0.6) is 0 Å². The van der Waals surface area contributed by atoms with Gasteiger partial charge in [0, 0.05) is 25.7 Å². The van der Waals surface area contributed by atoms with Crippen molar-refractivity contribution < 1.29 is 80.2 Å². The highest BCUT2D eigenvalue weighted by Crippen LogP contribution is 2.45. The summed E-state index contributed by atoms with van der Waals surface area (Å²) in [7, 11) is -9.91. The van der Waals surface area contributed by atoms with Gasteiger partial charge in [0.25, 0.3) is 0 Å². The third-order valence-electron chi connectivity index (χ3n) is 17.2. The van der Waals surface area contributed by atoms with Crippen molar-refractivity contribution in [2.75, 3.05) is 39.6 Å². The molecule has 0 spiro atoms. The van der Waals surface area contributed by atoms with E-state index in [0.29, 0.717) is 25.7 Å². The second-order valence-corrected chi connectivity index (χ2v) is 30.9. The number of esters is 4. The highest BCUT2D eigenvalue weighted by Gasteiger charge is 2.30. The quantitative estimate of drug-likeness (QED) is 0.0222. The second-order valence-electron chi connectivity index (χ2n) is 28.0. The first-order valence-corrected chi connectivity index (χ1v) is 40.7. The molecule has 17 nitrogen and oxygen atoms in total. The zero-order valence-corrected chi connectivity index (χ0v) is 62.0. The lowest BCUT2D eigenvalue weighted by molar-refractivity contribution is -0.161. The molecular formula is C73H142O17P2. The molecule has 19 heteroatoms. The molecule has 6 atom stereocenters. The van der Waals surface area contributed by atoms with Gasteiger partial charge in [0.15, 0.2) is 12.2 Å². The number of ether oxygens (including phenoxy) is 4. The van der Waals surface area contributed by atoms with Gasteiger partial charge in [0.2, 0.25) is 0 Å². The predicted octanol–water partition coefficient (Wildman–Crippen LogP) is 20.9. The lowest BCUT2D eigenvalue weighted by atomic mass is 9.99. The van der Waals surface area contributed by atoms with Crippen molar-refractivity contribution >= 4 is 39.5 Å². The minimum Gasteiger partial charge on any atom is -0.462 e. The summed E-state index contributed by atoms with van der Waals surface area (Å²) in [5, 5.41) is 10.6. The summed E-state index contributed by atoms with van der Waals surface area (Å²) in [4.78, 5) is 72.7. The smallest absolute Gasteiger partial charge is 0.462 e. The van der Waals surface area contributed by atoms with Crippen LogP contribution >= 0.6 is 15.6 Å². The average Bonchev–Trinajstić information content (AvgIpc) is 2.78. The van der Waals surface area contributed by atoms with Crippen LogP contribution in [0.15, 0.2) is 0 Å². The molecule has 0 bridgehead atoms. The largest absolute Gasteiger partial charge is 0.472 e. The maximum absolute atomic E-state index is 13.0. The Balaban J connectivity index is 5.27. The summed E-state index contributed by atoms with van der Waals surface area (Å²) in [6, 6.07) is 0. The molecule has 3 N–H and O–H groups in total. The topological polar surface area (TPSA) is 237 Å². The van der Waals surface area contributed by atoms with Crippen LogP contribution in [0.2, 0.25) is 0 Å². The lowest BCUT2D eigenvalue weighted by Gasteiger charge is -2.21. The number of aliphatic hydroxyl groups is 1. The average molecular weight is 1350 g/mol. The van der Waals surface area contributed by atoms with E-state index in [9.17, 15) is 43.2 Å². The van der Waals surface area contributed by atoms with E-state index in [-0.39, 0.29) is 25.7 Å². The number of carbonyl (C=O) groups excluding carboxylic acids is 4. The van der Waals surface area contributed by atoms with Crippen LogP contribution < -0.4 is 0 Å². The Labute approximate surface area is 562 Å². The Hall–Kier alpha value is -1.94. The first-order chi connectivity index (χ1) is 44.1. The summed E-state index contributed by atoms with van der Waals surface area (Å²) < 4.78 is 68.4. The van der Waals surface area contributed by atoms with Gasteiger partial charge in [0.1, 0.15) is 19.3 Å². The SMILES string of the molecule is CCC(C)CCCCCCCCCCCCC(=O)OC[C@H](COP(=O)(O)OCC(O)COP(=O)(O)OC[C@@H](COC(=O)CCCCCCCCCCC(C)C)OC(=O)CCCCCCCCCCCCCC(C)C)OC(=O)CCCCCCCCCCCCC(C)C. The number of hydrogen-bond acceptors (Lipinski definition) is 15. The number of aliphatic hydroxyl groups excluding tert-OH is 1. The number of phosphoric ester groups is 2. The van der Waals surface area contributed by atoms with Crippen molar-refractivity contribution in [3.8, 4) is 0 Å². The Morgan fingerprint density at radius 1 is 0.304 bits per heavy atom. The molecule has 92 heavy (non-hydrogen) atoms. The van der Waals surface area contributed by atoms with E-state index in [2.05, 4.69) is 55.4 Å². The molecule has 0 radical (unpaired) electrons. The standard InChI is InChI=1S/C73H142O17P2/c1-9-66(8)52-44-36-28-19-14-16-20-29-37-45-53-70(75)83-59-68(90-73(78)56-48-40-32-22-15-13-18-26-34-42-50-64(4)5)61-87-91(79,80)85-57-67(74)58-86-92(81,82)88-62-69(60-84-71(76)54-46-38-30-24-23-27-35-43-51-65(6)7)89-72(77)55-47-39-31-21-12-10-11-17-25-33-41-49-63(2)3/h63-69,74H,9-62H2,1-8H3,(H,79,80)(H,81,82)/t66?,67?,68-,69-/m1/s1. The molecule has 0 aromatic rings. The molecule has 0 amide bonds. The molecule has 0 aliphatic heterocycles. The van der Waals surface area contributed by atoms with Gasteiger partial charge in [-0.05, 0) is 49.4 Å². The Bertz CT molecular complexity index is 1820. The van der Waals surface area contributed by atoms with Gasteiger partial charge in [-0.1, -0.05) is 312 Å². The minimum absolute atomic E-state index is 0.105. The molecule has 4 unspecified atom stereocenters. The maximum Gasteiger partial charge on any atom is 0.472 e. The second kappa shape index (κ2) is 62.6. The van der Waals surface area contributed by atoms with E-state index < -0.39 is 97.5 Å². The van der Waals surface area contributed by atoms with Gasteiger partial charge >= 0.3 is 39.5 Å². The normalized spacial score (nSPS) is 14.5. The molecule has 0 aliphatic carbocycles. The first-order valence-electron chi connectivity index (χ1n) is 37.7. The van der Waals surface area contributed by atoms with Crippen LogP contribution in [0.25, 0.3) is 0 Å². The van der Waals surface area contributed by atoms with Crippen LogP contribution in [0.4, 0.5) is 0 Å². The molecule has 0 rings (SSSR count). The first kappa shape index (κ1) is 90.1. The zero-order valence-electron chi connectivity index (χ0n) is 60.2. The molecule has 0 fully saturated rings. The monoisotopic (exact) mass is 1350 g/mol. The number of rotatable bonds is 70. The summed E-state index contributed by atoms with van der Waals surface area (Å²) >= 11 is 0. The Morgan fingerprint density at radius 2 is 0.522 bits per heavy atom. The fraction of sp³-hybridized carbons (Fsp3) is 0.945. The highest BCUT2D eigenvalue weighted by molar-refractivity contribution is 7.47. The van der Waals surface area contributed by atoms with Crippen LogP contribution in [-0.2, 0) is 65.4 Å². The molecule has 0 aliphatic rings. The van der Waals surface area contributed by atoms with Crippen molar-refractivity contribution in [3.63, 3.8) is 0 Å². The molecule has 0 saturated heterocycles. The molecule has 546 valence electrons. The Kier molecular flexibility index (Phi) is 61.3. The van der Waals surface area contributed by atoms with Gasteiger partial charge in [-0.3, -0.25) is 37.3 Å². The summed E-state index contributed by atoms with van der Waals surface area (Å²) in [5.41, 5.74) is 0. The summed E-state index contributed by atoms with van der Waals surface area (Å²) in [6.07, 6.45) is 45.7. The number of hydrogen-bond donors (Lipinski definition) is 3. The Morgan fingerprint density at radius 3 is 0.772 bits per heavy atom. The zero-order chi connectivity index (χ0) is 68.2. The van der Waals surface area contributed by atoms with Crippen LogP contribution in [0, 0.1) is 23.7 Å². The fourth-order valence-corrected chi connectivity index (χ4v) is 12.6. The summed E-state index contributed by atoms with van der Waals surface area (Å²) in [6.45, 7) is 14.2. The van der Waals surface area contributed by atoms with Crippen molar-refractivity contribution in [2.24, 2.45) is 23.7 Å². The third kappa shape index (κ3) is 65.4. The van der Waals surface area contributed by atoms with E-state index in [0.717, 1.165) is 114 Å². The molecule has 0 aromatic carbocycles. The van der Waals surface area contributed by atoms with Gasteiger partial charge in [-0.25, -0.2) is 9.13 Å². The minimum atomic E-state index is -4.96. The molecule has 0 aromatic heterocycles. The molecular weight excluding hydrogens is 1210 g/mol. The lowest BCUT2D eigenvalue weighted by Crippen LogP contribution is -2.30. The van der Waals surface area contributed by atoms with Crippen molar-refractivity contribution in [1.82, 2.24) is 0 Å². The van der Waals surface area contributed by atoms with Gasteiger partial charge in [0.05, 0.1) is 26.4 Å². The molecule has 0 saturated carbocycles. The van der Waals surface area contributed by atoms with E-state index in [1.165, 1.54) is 167 Å². The van der Waals surface area contributed by atoms with Crippen molar-refractivity contribution in [1.29, 1.82) is 0 Å². The number of carbonyl (C=O) groups is 4. The highest BCUT2D eigenvalue weighted by atomic mass is 31.2. The van der Waals surface area contributed by atoms with Crippen LogP contribution in [-0.4, -0.2) is 96.7 Å². The summed E-state index contributed by atoms with van der Waals surface area (Å²) in [5.74, 6) is 0.928. The van der Waals surface area contributed by atoms with Gasteiger partial charge in [-0.15, -0.1) is 0 Å². The van der Waals surface area contributed by atoms with E-state index in [1.54, 1.807) is 0 Å². The van der Waals surface area contributed by atoms with Crippen molar-refractivity contribution in [2.45, 2.75) is 382 Å². The number of unbranched alkanes of at least 4 members (excludes halogenated alkanes) is 35. The maximum atomic E-state index is 13.0. The fourth-order valence-electron chi connectivity index (χ4n) is 11.0. The van der Waals surface area contributed by atoms with Crippen LogP contribution in [0.1, 0.15) is 364 Å². The van der Waals surface area contributed by atoms with E-state index in [1.807, 2.05) is 0 Å². The van der Waals surface area contributed by atoms with Crippen molar-refractivity contribution in [3.05, 3.63) is 0 Å². The predicted molar refractivity (Wildman–Crippen MR) is 372 cm³/mol. The van der Waals surface area contributed by atoms with Crippen LogP contribution in [0.3, 0.4) is 0 Å². The third-order valence-corrected chi connectivity index (χ3v) is 19.1. The number of phosphoric acid groups is 2. The van der Waals surface area contributed by atoms with E-state index in [4.69, 9.17) is 37.0 Å². The molecule has 0 heterocycles. The van der Waals surface area contributed by atoms with Gasteiger partial charge < -0.3 is 33.8 Å². The van der Waals surface area contributed by atoms with Gasteiger partial charge in [-0.2, -0.15) is 0 Å².